The molecule has 1 aliphatic heterocycles. The minimum absolute atomic E-state index is 0.0473. The van der Waals surface area contributed by atoms with Crippen molar-refractivity contribution in [2.24, 2.45) is 0 Å². The Morgan fingerprint density at radius 2 is 1.62 bits per heavy atom. The van der Waals surface area contributed by atoms with E-state index in [-0.39, 0.29) is 5.82 Å². The summed E-state index contributed by atoms with van der Waals surface area (Å²) in [5, 5.41) is 0.815. The minimum Gasteiger partial charge on any atom is -0.455 e. The van der Waals surface area contributed by atoms with E-state index >= 15 is 0 Å². The van der Waals surface area contributed by atoms with Crippen molar-refractivity contribution in [3.05, 3.63) is 54.6 Å². The van der Waals surface area contributed by atoms with Crippen molar-refractivity contribution in [2.75, 3.05) is 25.0 Å². The number of fused-ring (bicyclic) bond motifs is 1. The van der Waals surface area contributed by atoms with Gasteiger partial charge in [-0.05, 0) is 84.8 Å². The fourth-order valence-electron chi connectivity index (χ4n) is 3.86. The minimum atomic E-state index is -0.888. The van der Waals surface area contributed by atoms with E-state index < -0.39 is 23.4 Å². The van der Waals surface area contributed by atoms with Crippen molar-refractivity contribution in [1.29, 1.82) is 0 Å². The number of carbonyl (C=O) groups is 2. The molecule has 10 heteroatoms. The van der Waals surface area contributed by atoms with Gasteiger partial charge in [0.2, 0.25) is 0 Å². The van der Waals surface area contributed by atoms with Crippen LogP contribution in [0.5, 0.6) is 11.5 Å². The van der Waals surface area contributed by atoms with E-state index in [1.54, 1.807) is 66.1 Å². The first-order valence-corrected chi connectivity index (χ1v) is 12.8. The van der Waals surface area contributed by atoms with Gasteiger partial charge in [-0.2, -0.15) is 4.90 Å². The first kappa shape index (κ1) is 28.0. The van der Waals surface area contributed by atoms with Crippen LogP contribution in [-0.4, -0.2) is 63.4 Å². The van der Waals surface area contributed by atoms with Crippen LogP contribution in [0, 0.1) is 0 Å². The van der Waals surface area contributed by atoms with Crippen molar-refractivity contribution in [3.8, 4) is 11.5 Å². The first-order chi connectivity index (χ1) is 18.3. The lowest BCUT2D eigenvalue weighted by atomic mass is 10.0. The Kier molecular flexibility index (Phi) is 7.87. The van der Waals surface area contributed by atoms with Gasteiger partial charge in [-0.25, -0.2) is 14.6 Å². The number of anilines is 1. The molecule has 0 aliphatic carbocycles. The number of pyridine rings is 3. The molecule has 0 spiro atoms. The van der Waals surface area contributed by atoms with Crippen LogP contribution in [0.4, 0.5) is 15.4 Å². The van der Waals surface area contributed by atoms with Crippen LogP contribution in [0.25, 0.3) is 16.5 Å². The molecular weight excluding hydrogens is 498 g/mol. The van der Waals surface area contributed by atoms with E-state index in [0.29, 0.717) is 17.0 Å². The van der Waals surface area contributed by atoms with Gasteiger partial charge in [-0.3, -0.25) is 9.97 Å². The summed E-state index contributed by atoms with van der Waals surface area (Å²) >= 11 is 0. The van der Waals surface area contributed by atoms with Gasteiger partial charge in [0.05, 0.1) is 23.6 Å². The first-order valence-electron chi connectivity index (χ1n) is 12.8. The largest absolute Gasteiger partial charge is 0.455 e. The van der Waals surface area contributed by atoms with Gasteiger partial charge in [0.1, 0.15) is 28.5 Å². The third kappa shape index (κ3) is 7.29. The van der Waals surface area contributed by atoms with E-state index in [1.807, 2.05) is 6.07 Å². The highest BCUT2D eigenvalue weighted by molar-refractivity contribution is 6.08. The Morgan fingerprint density at radius 3 is 2.18 bits per heavy atom. The van der Waals surface area contributed by atoms with E-state index in [2.05, 4.69) is 33.0 Å². The molecule has 3 aromatic rings. The Bertz CT molecular complexity index is 1360. The lowest BCUT2D eigenvalue weighted by molar-refractivity contribution is 0.0429. The summed E-state index contributed by atoms with van der Waals surface area (Å²) < 4.78 is 17.0. The van der Waals surface area contributed by atoms with Crippen molar-refractivity contribution in [1.82, 2.24) is 19.9 Å². The summed E-state index contributed by atoms with van der Waals surface area (Å²) in [6.07, 6.45) is 6.17. The van der Waals surface area contributed by atoms with Gasteiger partial charge in [0.25, 0.3) is 0 Å². The second-order valence-corrected chi connectivity index (χ2v) is 11.4. The molecule has 0 fully saturated rings. The lowest BCUT2D eigenvalue weighted by Gasteiger charge is -2.28. The smallest absolute Gasteiger partial charge is 0.425 e. The van der Waals surface area contributed by atoms with Crippen LogP contribution in [0.1, 0.15) is 53.7 Å². The SMILES string of the molecule is CN1CC=C(c2cc3c(Oc4ccc(N(C(=O)OC(C)(C)C)C(=O)OC(C)(C)C)nc4)ccnc3cn2)CC1. The lowest BCUT2D eigenvalue weighted by Crippen LogP contribution is -2.44. The molecule has 0 radical (unpaired) electrons. The van der Waals surface area contributed by atoms with Crippen LogP contribution in [0.15, 0.2) is 48.9 Å². The maximum Gasteiger partial charge on any atom is 0.425 e. The highest BCUT2D eigenvalue weighted by Crippen LogP contribution is 2.32. The Labute approximate surface area is 228 Å². The van der Waals surface area contributed by atoms with Crippen LogP contribution < -0.4 is 9.64 Å². The number of aromatic nitrogens is 3. The second-order valence-electron chi connectivity index (χ2n) is 11.4. The summed E-state index contributed by atoms with van der Waals surface area (Å²) in [4.78, 5) is 42.2. The molecule has 0 unspecified atom stereocenters. The van der Waals surface area contributed by atoms with E-state index in [9.17, 15) is 9.59 Å². The van der Waals surface area contributed by atoms with Gasteiger partial charge >= 0.3 is 12.2 Å². The van der Waals surface area contributed by atoms with Gasteiger partial charge in [-0.1, -0.05) is 6.08 Å². The standard InChI is InChI=1S/C29H35N5O5/c1-28(2,3)38-26(35)34(27(36)39-29(4,5)6)25-9-8-20(17-32-25)37-24-10-13-30-23-18-31-22(16-21(23)24)19-11-14-33(7)15-12-19/h8-11,13,16-18H,12,14-15H2,1-7H3. The normalized spacial score (nSPS) is 14.5. The Hall–Kier alpha value is -4.05. The molecule has 0 saturated heterocycles. The highest BCUT2D eigenvalue weighted by atomic mass is 16.6. The maximum atomic E-state index is 12.9. The van der Waals surface area contributed by atoms with Crippen LogP contribution >= 0.6 is 0 Å². The average Bonchev–Trinajstić information content (AvgIpc) is 2.83. The number of likely N-dealkylation sites (N-methyl/N-ethyl adjacent to an activating group) is 1. The monoisotopic (exact) mass is 533 g/mol. The van der Waals surface area contributed by atoms with Gasteiger partial charge < -0.3 is 19.1 Å². The molecule has 0 bridgehead atoms. The number of nitrogens with zero attached hydrogens (tertiary/aromatic N) is 5. The molecule has 0 N–H and O–H groups in total. The second kappa shape index (κ2) is 11.0. The molecule has 206 valence electrons. The maximum absolute atomic E-state index is 12.9. The summed E-state index contributed by atoms with van der Waals surface area (Å²) in [6, 6.07) is 6.89. The van der Waals surface area contributed by atoms with Gasteiger partial charge in [0.15, 0.2) is 0 Å². The van der Waals surface area contributed by atoms with E-state index in [1.165, 1.54) is 17.8 Å². The molecule has 4 rings (SSSR count). The van der Waals surface area contributed by atoms with E-state index in [0.717, 1.165) is 35.5 Å². The molecule has 2 amide bonds. The van der Waals surface area contributed by atoms with E-state index in [4.69, 9.17) is 14.2 Å². The molecule has 3 aromatic heterocycles. The topological polar surface area (TPSA) is 107 Å². The highest BCUT2D eigenvalue weighted by Gasteiger charge is 2.33. The summed E-state index contributed by atoms with van der Waals surface area (Å²) in [5.41, 5.74) is 1.16. The number of amides is 2. The zero-order chi connectivity index (χ0) is 28.4. The van der Waals surface area contributed by atoms with Crippen molar-refractivity contribution < 1.29 is 23.8 Å². The van der Waals surface area contributed by atoms with Crippen LogP contribution in [-0.2, 0) is 9.47 Å². The molecule has 1 aliphatic rings. The molecule has 0 atom stereocenters. The predicted octanol–water partition coefficient (Wildman–Crippen LogP) is 6.21. The van der Waals surface area contributed by atoms with Crippen molar-refractivity contribution >= 4 is 34.5 Å². The van der Waals surface area contributed by atoms with Gasteiger partial charge in [0, 0.05) is 24.7 Å². The Morgan fingerprint density at radius 1 is 0.923 bits per heavy atom. The van der Waals surface area contributed by atoms with Crippen LogP contribution in [0.3, 0.4) is 0 Å². The number of hydrogen-bond acceptors (Lipinski definition) is 9. The number of carbonyl (C=O) groups excluding carboxylic acids is 2. The molecular formula is C29H35N5O5. The zero-order valence-electron chi connectivity index (χ0n) is 23.5. The number of ether oxygens (including phenoxy) is 3. The Balaban J connectivity index is 1.60. The number of rotatable bonds is 4. The summed E-state index contributed by atoms with van der Waals surface area (Å²) in [7, 11) is 2.09. The average molecular weight is 534 g/mol. The number of imide groups is 1. The summed E-state index contributed by atoms with van der Waals surface area (Å²) in [6.45, 7) is 12.1. The predicted molar refractivity (Wildman–Crippen MR) is 149 cm³/mol. The molecule has 10 nitrogen and oxygen atoms in total. The fraction of sp³-hybridized carbons (Fsp3) is 0.414. The third-order valence-electron chi connectivity index (χ3n) is 5.66. The summed E-state index contributed by atoms with van der Waals surface area (Å²) in [5.74, 6) is 1.05. The van der Waals surface area contributed by atoms with Crippen molar-refractivity contribution in [3.63, 3.8) is 0 Å². The quantitative estimate of drug-likeness (QED) is 0.387. The zero-order valence-corrected chi connectivity index (χ0v) is 23.5. The molecule has 4 heterocycles. The van der Waals surface area contributed by atoms with Crippen LogP contribution in [0.2, 0.25) is 0 Å². The van der Waals surface area contributed by atoms with Gasteiger partial charge in [-0.15, -0.1) is 0 Å². The third-order valence-corrected chi connectivity index (χ3v) is 5.66. The molecule has 0 saturated carbocycles. The molecule has 39 heavy (non-hydrogen) atoms. The van der Waals surface area contributed by atoms with Crippen molar-refractivity contribution in [2.45, 2.75) is 59.2 Å². The fourth-order valence-corrected chi connectivity index (χ4v) is 3.86. The number of hydrogen-bond donors (Lipinski definition) is 0. The molecule has 0 aromatic carbocycles.